The van der Waals surface area contributed by atoms with Gasteiger partial charge in [-0.3, -0.25) is 4.55 Å². The highest BCUT2D eigenvalue weighted by atomic mass is 32.3. The van der Waals surface area contributed by atoms with Gasteiger partial charge in [0.2, 0.25) is 0 Å². The van der Waals surface area contributed by atoms with Gasteiger partial charge in [0.15, 0.2) is 12.4 Å². The van der Waals surface area contributed by atoms with Crippen LogP contribution in [0.2, 0.25) is 0 Å². The summed E-state index contributed by atoms with van der Waals surface area (Å²) >= 11 is 0. The number of aliphatic carboxylic acids is 1. The molecule has 17 heavy (non-hydrogen) atoms. The van der Waals surface area contributed by atoms with Crippen LogP contribution < -0.4 is 0 Å². The van der Waals surface area contributed by atoms with Crippen molar-refractivity contribution in [2.45, 2.75) is 30.7 Å². The van der Waals surface area contributed by atoms with E-state index in [4.69, 9.17) is 19.9 Å². The first-order valence-electron chi connectivity index (χ1n) is 4.21. The zero-order valence-corrected chi connectivity index (χ0v) is 8.89. The Morgan fingerprint density at radius 3 is 2.12 bits per heavy atom. The van der Waals surface area contributed by atoms with E-state index in [0.717, 1.165) is 0 Å². The molecule has 0 aromatic heterocycles. The number of carbonyl (C=O) groups is 1. The second-order valence-corrected chi connectivity index (χ2v) is 4.30. The molecule has 0 aromatic rings. The number of aliphatic hydroxyl groups excluding tert-OH is 3. The van der Waals surface area contributed by atoms with Crippen LogP contribution in [0.1, 0.15) is 0 Å². The Morgan fingerprint density at radius 2 is 1.71 bits per heavy atom. The summed E-state index contributed by atoms with van der Waals surface area (Å²) in [5, 5.41) is 36.1. The molecule has 1 unspecified atom stereocenters. The topological polar surface area (TPSA) is 171 Å². The lowest BCUT2D eigenvalue weighted by molar-refractivity contribution is -0.275. The molecule has 1 rings (SSSR count). The van der Waals surface area contributed by atoms with Crippen LogP contribution in [0.4, 0.5) is 0 Å². The Labute approximate surface area is 95.0 Å². The Balaban J connectivity index is 2.98. The van der Waals surface area contributed by atoms with Gasteiger partial charge in [-0.25, -0.2) is 8.98 Å². The summed E-state index contributed by atoms with van der Waals surface area (Å²) in [4.78, 5) is 10.7. The zero-order valence-electron chi connectivity index (χ0n) is 8.07. The Kier molecular flexibility index (Phi) is 4.03. The smallest absolute Gasteiger partial charge is 0.397 e. The Bertz CT molecular complexity index is 390. The van der Waals surface area contributed by atoms with Crippen molar-refractivity contribution in [2.75, 3.05) is 0 Å². The van der Waals surface area contributed by atoms with Crippen molar-refractivity contribution in [1.82, 2.24) is 0 Å². The molecule has 0 aromatic carbocycles. The number of carboxylic acids is 1. The van der Waals surface area contributed by atoms with Gasteiger partial charge in [0.25, 0.3) is 0 Å². The molecule has 5 atom stereocenters. The van der Waals surface area contributed by atoms with Crippen LogP contribution in [0, 0.1) is 0 Å². The minimum atomic E-state index is -5.06. The van der Waals surface area contributed by atoms with Crippen molar-refractivity contribution >= 4 is 16.4 Å². The maximum Gasteiger partial charge on any atom is 0.397 e. The third kappa shape index (κ3) is 3.32. The van der Waals surface area contributed by atoms with Crippen molar-refractivity contribution in [3.63, 3.8) is 0 Å². The van der Waals surface area contributed by atoms with Gasteiger partial charge >= 0.3 is 16.4 Å². The Morgan fingerprint density at radius 1 is 1.18 bits per heavy atom. The molecule has 1 aliphatic rings. The lowest BCUT2D eigenvalue weighted by atomic mass is 9.99. The second kappa shape index (κ2) is 4.81. The highest BCUT2D eigenvalue weighted by molar-refractivity contribution is 7.80. The van der Waals surface area contributed by atoms with Crippen molar-refractivity contribution in [1.29, 1.82) is 0 Å². The highest BCUT2D eigenvalue weighted by Crippen LogP contribution is 2.23. The van der Waals surface area contributed by atoms with E-state index in [2.05, 4.69) is 8.92 Å². The van der Waals surface area contributed by atoms with Crippen LogP contribution in [0.15, 0.2) is 0 Å². The van der Waals surface area contributed by atoms with E-state index in [-0.39, 0.29) is 0 Å². The van der Waals surface area contributed by atoms with Crippen LogP contribution in [0.25, 0.3) is 0 Å². The lowest BCUT2D eigenvalue weighted by Crippen LogP contribution is -2.60. The first-order valence-corrected chi connectivity index (χ1v) is 5.58. The summed E-state index contributed by atoms with van der Waals surface area (Å²) in [6, 6.07) is 0. The largest absolute Gasteiger partial charge is 0.479 e. The van der Waals surface area contributed by atoms with Crippen molar-refractivity contribution < 1.29 is 47.1 Å². The number of carboxylic acid groups (broad SMARTS) is 1. The monoisotopic (exact) mass is 274 g/mol. The summed E-state index contributed by atoms with van der Waals surface area (Å²) in [5.41, 5.74) is 0. The molecule has 1 heterocycles. The van der Waals surface area contributed by atoms with Crippen LogP contribution in [0.5, 0.6) is 0 Å². The fraction of sp³-hybridized carbons (Fsp3) is 0.833. The molecule has 1 saturated heterocycles. The lowest BCUT2D eigenvalue weighted by Gasteiger charge is -2.37. The van der Waals surface area contributed by atoms with Gasteiger partial charge in [-0.1, -0.05) is 0 Å². The van der Waals surface area contributed by atoms with Gasteiger partial charge in [0.1, 0.15) is 18.3 Å². The first kappa shape index (κ1) is 14.2. The van der Waals surface area contributed by atoms with E-state index in [1.807, 2.05) is 0 Å². The van der Waals surface area contributed by atoms with Crippen molar-refractivity contribution in [3.8, 4) is 0 Å². The number of ether oxygens (including phenoxy) is 1. The molecule has 100 valence electrons. The molecule has 5 N–H and O–H groups in total. The fourth-order valence-electron chi connectivity index (χ4n) is 1.30. The predicted octanol–water partition coefficient (Wildman–Crippen LogP) is -3.30. The van der Waals surface area contributed by atoms with Crippen molar-refractivity contribution in [2.24, 2.45) is 0 Å². The van der Waals surface area contributed by atoms with E-state index in [1.54, 1.807) is 0 Å². The summed E-state index contributed by atoms with van der Waals surface area (Å²) in [6.07, 6.45) is -10.2. The summed E-state index contributed by atoms with van der Waals surface area (Å²) < 4.78 is 37.5. The van der Waals surface area contributed by atoms with Crippen LogP contribution in [0.3, 0.4) is 0 Å². The maximum absolute atomic E-state index is 10.7. The third-order valence-electron chi connectivity index (χ3n) is 2.04. The molecule has 0 radical (unpaired) electrons. The molecule has 0 bridgehead atoms. The van der Waals surface area contributed by atoms with Gasteiger partial charge in [-0.05, 0) is 0 Å². The molecule has 1 aliphatic heterocycles. The number of aliphatic hydroxyl groups is 3. The quantitative estimate of drug-likeness (QED) is 0.328. The van der Waals surface area contributed by atoms with E-state index in [1.165, 1.54) is 0 Å². The minimum Gasteiger partial charge on any atom is -0.479 e. The van der Waals surface area contributed by atoms with E-state index in [0.29, 0.717) is 0 Å². The Hall–Kier alpha value is -0.820. The molecule has 1 fully saturated rings. The first-order chi connectivity index (χ1) is 7.63. The number of hydrogen-bond acceptors (Lipinski definition) is 8. The zero-order chi connectivity index (χ0) is 13.4. The summed E-state index contributed by atoms with van der Waals surface area (Å²) in [5.74, 6) is -1.75. The molecular weight excluding hydrogens is 264 g/mol. The maximum atomic E-state index is 10.7. The van der Waals surface area contributed by atoms with Gasteiger partial charge < -0.3 is 25.2 Å². The summed E-state index contributed by atoms with van der Waals surface area (Å²) in [6.45, 7) is 0. The minimum absolute atomic E-state index is 1.75. The molecule has 0 spiro atoms. The second-order valence-electron chi connectivity index (χ2n) is 3.26. The number of hydrogen-bond donors (Lipinski definition) is 5. The van der Waals surface area contributed by atoms with Crippen LogP contribution in [-0.4, -0.2) is 70.1 Å². The molecule has 11 heteroatoms. The summed E-state index contributed by atoms with van der Waals surface area (Å²) in [7, 11) is -5.06. The predicted molar refractivity (Wildman–Crippen MR) is 47.0 cm³/mol. The third-order valence-corrected chi connectivity index (χ3v) is 2.50. The fourth-order valence-corrected chi connectivity index (χ4v) is 1.79. The molecule has 10 nitrogen and oxygen atoms in total. The van der Waals surface area contributed by atoms with E-state index < -0.39 is 47.1 Å². The highest BCUT2D eigenvalue weighted by Gasteiger charge is 2.49. The molecule has 0 aliphatic carbocycles. The number of rotatable bonds is 3. The SMILES string of the molecule is O=C(O)[C@@H]1OC(O)[C@H](O)[C@@H](O)[C@@H]1OS(=O)(=O)O. The molecular formula is C6H10O10S. The van der Waals surface area contributed by atoms with E-state index in [9.17, 15) is 18.3 Å². The van der Waals surface area contributed by atoms with Gasteiger partial charge in [0, 0.05) is 0 Å². The van der Waals surface area contributed by atoms with Gasteiger partial charge in [0.05, 0.1) is 0 Å². The van der Waals surface area contributed by atoms with Crippen LogP contribution in [-0.2, 0) is 24.1 Å². The van der Waals surface area contributed by atoms with E-state index >= 15 is 0 Å². The molecule has 0 amide bonds. The molecule has 0 saturated carbocycles. The van der Waals surface area contributed by atoms with Crippen molar-refractivity contribution in [3.05, 3.63) is 0 Å². The average molecular weight is 274 g/mol. The normalized spacial score (nSPS) is 38.9. The van der Waals surface area contributed by atoms with Crippen LogP contribution >= 0.6 is 0 Å². The standard InChI is InChI=1S/C6H10O10S/c7-1-2(8)6(11)15-4(5(9)10)3(1)16-17(12,13)14/h1-4,6-8,11H,(H,9,10)(H,12,13,14)/t1-,2-,3+,4-,6?/m1/s1. The van der Waals surface area contributed by atoms with Gasteiger partial charge in [-0.15, -0.1) is 0 Å². The average Bonchev–Trinajstić information content (AvgIpc) is 2.16. The van der Waals surface area contributed by atoms with Gasteiger partial charge in [-0.2, -0.15) is 8.42 Å².